The van der Waals surface area contributed by atoms with Crippen molar-refractivity contribution in [1.82, 2.24) is 15.0 Å². The highest BCUT2D eigenvalue weighted by Gasteiger charge is 2.15. The lowest BCUT2D eigenvalue weighted by Crippen LogP contribution is -2.24. The lowest BCUT2D eigenvalue weighted by molar-refractivity contribution is -0.118. The van der Waals surface area contributed by atoms with Crippen LogP contribution in [-0.4, -0.2) is 34.0 Å². The fourth-order valence-corrected chi connectivity index (χ4v) is 4.24. The Bertz CT molecular complexity index is 1410. The molecule has 0 aliphatic carbocycles. The van der Waals surface area contributed by atoms with E-state index in [1.54, 1.807) is 22.9 Å². The summed E-state index contributed by atoms with van der Waals surface area (Å²) in [4.78, 5) is 30.5. The van der Waals surface area contributed by atoms with Crippen molar-refractivity contribution >= 4 is 34.8 Å². The third-order valence-corrected chi connectivity index (χ3v) is 5.98. The minimum atomic E-state index is -0.311. The highest BCUT2D eigenvalue weighted by Crippen LogP contribution is 2.23. The van der Waals surface area contributed by atoms with E-state index in [4.69, 9.17) is 4.74 Å². The number of carbonyl (C=O) groups excluding carboxylic acids is 1. The summed E-state index contributed by atoms with van der Waals surface area (Å²) in [5, 5.41) is 5.02. The Morgan fingerprint density at radius 3 is 2.65 bits per heavy atom. The van der Waals surface area contributed by atoms with Crippen molar-refractivity contribution in [1.29, 1.82) is 0 Å². The molecule has 1 amide bonds. The van der Waals surface area contributed by atoms with Gasteiger partial charge in [0, 0.05) is 5.56 Å². The summed E-state index contributed by atoms with van der Waals surface area (Å²) in [6, 6.07) is 22.3. The molecular weight excluding hydrogens is 448 g/mol. The predicted molar refractivity (Wildman–Crippen MR) is 136 cm³/mol. The molecule has 0 saturated carbocycles. The van der Waals surface area contributed by atoms with Gasteiger partial charge in [0.05, 0.1) is 35.2 Å². The van der Waals surface area contributed by atoms with Crippen molar-refractivity contribution in [2.75, 3.05) is 12.4 Å². The molecule has 4 rings (SSSR count). The van der Waals surface area contributed by atoms with Gasteiger partial charge in [-0.15, -0.1) is 0 Å². The van der Waals surface area contributed by atoms with Gasteiger partial charge in [0.25, 0.3) is 11.5 Å². The van der Waals surface area contributed by atoms with Gasteiger partial charge in [0.15, 0.2) is 5.16 Å². The Hall–Kier alpha value is -3.91. The van der Waals surface area contributed by atoms with Gasteiger partial charge in [-0.25, -0.2) is 10.4 Å². The van der Waals surface area contributed by atoms with Crippen LogP contribution in [0.15, 0.2) is 87.8 Å². The second-order valence-electron chi connectivity index (χ2n) is 7.39. The molecule has 0 radical (unpaired) electrons. The third-order valence-electron chi connectivity index (χ3n) is 5.05. The molecular formula is C26H24N4O3S. The predicted octanol–water partition coefficient (Wildman–Crippen LogP) is 4.34. The molecule has 3 aromatic carbocycles. The molecule has 0 saturated heterocycles. The van der Waals surface area contributed by atoms with Crippen LogP contribution in [0.25, 0.3) is 16.6 Å². The lowest BCUT2D eigenvalue weighted by atomic mass is 10.2. The maximum atomic E-state index is 13.3. The highest BCUT2D eigenvalue weighted by atomic mass is 32.2. The Morgan fingerprint density at radius 1 is 1.09 bits per heavy atom. The van der Waals surface area contributed by atoms with Crippen molar-refractivity contribution in [3.05, 3.63) is 94.3 Å². The summed E-state index contributed by atoms with van der Waals surface area (Å²) in [5.74, 6) is 0.426. The molecule has 1 aromatic heterocycles. The quantitative estimate of drug-likeness (QED) is 0.179. The van der Waals surface area contributed by atoms with E-state index >= 15 is 0 Å². The number of nitrogens with one attached hydrogen (secondary N) is 1. The van der Waals surface area contributed by atoms with E-state index in [0.29, 0.717) is 28.4 Å². The molecule has 8 heteroatoms. The van der Waals surface area contributed by atoms with Crippen LogP contribution >= 0.6 is 11.8 Å². The molecule has 0 fully saturated rings. The SMILES string of the molecule is CCOc1ccccc1C=NNC(=O)CSc1nc2ccccc2c(=O)n1-c1ccccc1C. The number of amides is 1. The molecule has 7 nitrogen and oxygen atoms in total. The van der Waals surface area contributed by atoms with Crippen molar-refractivity contribution < 1.29 is 9.53 Å². The van der Waals surface area contributed by atoms with Gasteiger partial charge in [-0.2, -0.15) is 5.10 Å². The summed E-state index contributed by atoms with van der Waals surface area (Å²) in [6.45, 7) is 4.38. The zero-order valence-corrected chi connectivity index (χ0v) is 19.7. The van der Waals surface area contributed by atoms with Gasteiger partial charge in [-0.05, 0) is 49.7 Å². The van der Waals surface area contributed by atoms with Crippen LogP contribution in [0.2, 0.25) is 0 Å². The smallest absolute Gasteiger partial charge is 0.266 e. The number of aryl methyl sites for hydroxylation is 1. The van der Waals surface area contributed by atoms with Crippen LogP contribution in [0.1, 0.15) is 18.1 Å². The number of hydrogen-bond acceptors (Lipinski definition) is 6. The number of para-hydroxylation sites is 3. The minimum Gasteiger partial charge on any atom is -0.493 e. The summed E-state index contributed by atoms with van der Waals surface area (Å²) in [7, 11) is 0. The topological polar surface area (TPSA) is 85.6 Å². The second-order valence-corrected chi connectivity index (χ2v) is 8.33. The van der Waals surface area contributed by atoms with Crippen molar-refractivity contribution in [2.45, 2.75) is 19.0 Å². The molecule has 1 N–H and O–H groups in total. The van der Waals surface area contributed by atoms with E-state index < -0.39 is 0 Å². The van der Waals surface area contributed by atoms with Gasteiger partial charge in [0.1, 0.15) is 5.75 Å². The van der Waals surface area contributed by atoms with Crippen LogP contribution in [0, 0.1) is 6.92 Å². The van der Waals surface area contributed by atoms with Crippen LogP contribution in [-0.2, 0) is 4.79 Å². The van der Waals surface area contributed by atoms with Crippen molar-refractivity contribution in [3.8, 4) is 11.4 Å². The second kappa shape index (κ2) is 10.8. The van der Waals surface area contributed by atoms with E-state index in [1.807, 2.05) is 74.5 Å². The van der Waals surface area contributed by atoms with Crippen LogP contribution in [0.3, 0.4) is 0 Å². The Kier molecular flexibility index (Phi) is 7.39. The van der Waals surface area contributed by atoms with Gasteiger partial charge in [-0.3, -0.25) is 14.2 Å². The molecule has 0 atom stereocenters. The maximum absolute atomic E-state index is 13.3. The highest BCUT2D eigenvalue weighted by molar-refractivity contribution is 7.99. The number of nitrogens with zero attached hydrogens (tertiary/aromatic N) is 3. The summed E-state index contributed by atoms with van der Waals surface area (Å²) in [5.41, 5.74) is 5.38. The van der Waals surface area contributed by atoms with Crippen LogP contribution < -0.4 is 15.7 Å². The number of hydrazone groups is 1. The van der Waals surface area contributed by atoms with E-state index in [1.165, 1.54) is 11.8 Å². The summed E-state index contributed by atoms with van der Waals surface area (Å²) >= 11 is 1.19. The zero-order chi connectivity index (χ0) is 23.9. The molecule has 0 spiro atoms. The lowest BCUT2D eigenvalue weighted by Gasteiger charge is -2.14. The number of fused-ring (bicyclic) bond motifs is 1. The first kappa shape index (κ1) is 23.3. The van der Waals surface area contributed by atoms with E-state index in [9.17, 15) is 9.59 Å². The number of hydrogen-bond donors (Lipinski definition) is 1. The first-order chi connectivity index (χ1) is 16.6. The van der Waals surface area contributed by atoms with Gasteiger partial charge < -0.3 is 4.74 Å². The minimum absolute atomic E-state index is 0.0428. The average Bonchev–Trinajstić information content (AvgIpc) is 2.85. The maximum Gasteiger partial charge on any atom is 0.266 e. The molecule has 4 aromatic rings. The normalized spacial score (nSPS) is 11.1. The van der Waals surface area contributed by atoms with Gasteiger partial charge in [-0.1, -0.05) is 54.2 Å². The van der Waals surface area contributed by atoms with Crippen LogP contribution in [0.5, 0.6) is 5.75 Å². The average molecular weight is 473 g/mol. The summed E-state index contributed by atoms with van der Waals surface area (Å²) < 4.78 is 7.13. The first-order valence-electron chi connectivity index (χ1n) is 10.8. The molecule has 172 valence electrons. The fraction of sp³-hybridized carbons (Fsp3) is 0.154. The number of aromatic nitrogens is 2. The molecule has 0 aliphatic heterocycles. The van der Waals surface area contributed by atoms with Gasteiger partial charge >= 0.3 is 0 Å². The molecule has 1 heterocycles. The van der Waals surface area contributed by atoms with Crippen molar-refractivity contribution in [3.63, 3.8) is 0 Å². The fourth-order valence-electron chi connectivity index (χ4n) is 3.45. The third kappa shape index (κ3) is 5.18. The monoisotopic (exact) mass is 472 g/mol. The first-order valence-corrected chi connectivity index (χ1v) is 11.8. The zero-order valence-electron chi connectivity index (χ0n) is 18.9. The van der Waals surface area contributed by atoms with E-state index in [2.05, 4.69) is 15.5 Å². The Balaban J connectivity index is 1.55. The number of carbonyl (C=O) groups is 1. The molecule has 0 bridgehead atoms. The number of rotatable bonds is 8. The standard InChI is InChI=1S/C26H24N4O3S/c1-3-33-23-15-9-5-11-19(23)16-27-29-24(31)17-34-26-28-21-13-7-6-12-20(21)25(32)30(26)22-14-8-4-10-18(22)2/h4-16H,3,17H2,1-2H3,(H,29,31). The molecule has 0 aliphatic rings. The van der Waals surface area contributed by atoms with Crippen LogP contribution in [0.4, 0.5) is 0 Å². The Morgan fingerprint density at radius 2 is 1.82 bits per heavy atom. The molecule has 0 unspecified atom stereocenters. The number of benzene rings is 3. The van der Waals surface area contributed by atoms with Gasteiger partial charge in [0.2, 0.25) is 0 Å². The summed E-state index contributed by atoms with van der Waals surface area (Å²) in [6.07, 6.45) is 1.55. The van der Waals surface area contributed by atoms with E-state index in [0.717, 1.165) is 16.8 Å². The largest absolute Gasteiger partial charge is 0.493 e. The van der Waals surface area contributed by atoms with E-state index in [-0.39, 0.29) is 17.2 Å². The van der Waals surface area contributed by atoms with Crippen molar-refractivity contribution in [2.24, 2.45) is 5.10 Å². The Labute approximate surface area is 201 Å². The number of thioether (sulfide) groups is 1. The molecule has 34 heavy (non-hydrogen) atoms. The number of ether oxygens (including phenoxy) is 1.